The highest BCUT2D eigenvalue weighted by atomic mass is 16.5. The molecular formula is C25H25NO4. The third-order valence-electron chi connectivity index (χ3n) is 5.65. The maximum Gasteiger partial charge on any atom is 0.259 e. The van der Waals surface area contributed by atoms with Gasteiger partial charge >= 0.3 is 0 Å². The fourth-order valence-electron chi connectivity index (χ4n) is 4.02. The second-order valence-electron chi connectivity index (χ2n) is 7.64. The van der Waals surface area contributed by atoms with Crippen LogP contribution >= 0.6 is 0 Å². The number of carbonyl (C=O) groups excluding carboxylic acids is 2. The Bertz CT molecular complexity index is 1030. The van der Waals surface area contributed by atoms with Crippen molar-refractivity contribution >= 4 is 23.5 Å². The Labute approximate surface area is 176 Å². The molecule has 0 radical (unpaired) electrons. The lowest BCUT2D eigenvalue weighted by Gasteiger charge is -2.17. The molecule has 0 atom stereocenters. The molecule has 1 saturated heterocycles. The van der Waals surface area contributed by atoms with Gasteiger partial charge in [-0.2, -0.15) is 0 Å². The summed E-state index contributed by atoms with van der Waals surface area (Å²) >= 11 is 0. The van der Waals surface area contributed by atoms with Gasteiger partial charge in [0.05, 0.1) is 24.4 Å². The average molecular weight is 403 g/mol. The second kappa shape index (κ2) is 8.57. The highest BCUT2D eigenvalue weighted by Crippen LogP contribution is 2.36. The van der Waals surface area contributed by atoms with Gasteiger partial charge in [-0.3, -0.25) is 14.9 Å². The predicted octanol–water partition coefficient (Wildman–Crippen LogP) is 4.53. The van der Waals surface area contributed by atoms with Gasteiger partial charge in [0.1, 0.15) is 0 Å². The minimum absolute atomic E-state index is 0.225. The number of ether oxygens (including phenoxy) is 2. The monoisotopic (exact) mass is 403 g/mol. The van der Waals surface area contributed by atoms with Crippen molar-refractivity contribution in [2.24, 2.45) is 0 Å². The van der Waals surface area contributed by atoms with Crippen LogP contribution in [0.3, 0.4) is 0 Å². The van der Waals surface area contributed by atoms with Crippen LogP contribution in [0, 0.1) is 0 Å². The standard InChI is InChI=1S/C25H25NO4/c1-16(18-12-13-21(22(15-18)29-2)30-19-10-6-7-11-19)23-20(24(27)26-25(23)28)14-17-8-4-3-5-9-17/h3-5,8-9,12-15,19H,6-7,10-11H2,1-2H3,(H,26,27,28)/b20-14+,23-16-. The predicted molar refractivity (Wildman–Crippen MR) is 116 cm³/mol. The molecule has 1 saturated carbocycles. The van der Waals surface area contributed by atoms with E-state index >= 15 is 0 Å². The third-order valence-corrected chi connectivity index (χ3v) is 5.65. The number of benzene rings is 2. The summed E-state index contributed by atoms with van der Waals surface area (Å²) < 4.78 is 11.7. The van der Waals surface area contributed by atoms with E-state index in [1.54, 1.807) is 13.2 Å². The van der Waals surface area contributed by atoms with Gasteiger partial charge in [-0.25, -0.2) is 0 Å². The van der Waals surface area contributed by atoms with Crippen LogP contribution in [0.1, 0.15) is 43.7 Å². The van der Waals surface area contributed by atoms with Gasteiger partial charge in [0, 0.05) is 0 Å². The summed E-state index contributed by atoms with van der Waals surface area (Å²) in [6.07, 6.45) is 6.47. The number of amides is 2. The van der Waals surface area contributed by atoms with E-state index in [0.29, 0.717) is 28.2 Å². The first kappa shape index (κ1) is 20.0. The minimum Gasteiger partial charge on any atom is -0.493 e. The minimum atomic E-state index is -0.384. The largest absolute Gasteiger partial charge is 0.493 e. The van der Waals surface area contributed by atoms with Gasteiger partial charge < -0.3 is 9.47 Å². The molecule has 154 valence electrons. The molecule has 0 spiro atoms. The molecule has 4 rings (SSSR count). The molecule has 1 aliphatic heterocycles. The van der Waals surface area contributed by atoms with Crippen molar-refractivity contribution in [1.82, 2.24) is 5.32 Å². The van der Waals surface area contributed by atoms with Crippen molar-refractivity contribution in [3.63, 3.8) is 0 Å². The number of methoxy groups -OCH3 is 1. The zero-order valence-electron chi connectivity index (χ0n) is 17.2. The Balaban J connectivity index is 1.71. The van der Waals surface area contributed by atoms with E-state index in [1.165, 1.54) is 12.8 Å². The first-order valence-electron chi connectivity index (χ1n) is 10.3. The number of carbonyl (C=O) groups is 2. The summed E-state index contributed by atoms with van der Waals surface area (Å²) in [7, 11) is 1.61. The van der Waals surface area contributed by atoms with Crippen LogP contribution in [0.5, 0.6) is 11.5 Å². The number of hydrogen-bond donors (Lipinski definition) is 1. The van der Waals surface area contributed by atoms with Crippen LogP contribution in [0.4, 0.5) is 0 Å². The molecule has 0 bridgehead atoms. The van der Waals surface area contributed by atoms with E-state index in [-0.39, 0.29) is 17.9 Å². The molecule has 1 aliphatic carbocycles. The van der Waals surface area contributed by atoms with Gasteiger partial charge in [-0.05, 0) is 67.5 Å². The van der Waals surface area contributed by atoms with Crippen LogP contribution in [-0.4, -0.2) is 25.0 Å². The van der Waals surface area contributed by atoms with Crippen molar-refractivity contribution in [3.8, 4) is 11.5 Å². The van der Waals surface area contributed by atoms with Crippen LogP contribution in [0.2, 0.25) is 0 Å². The molecule has 0 unspecified atom stereocenters. The Hall–Kier alpha value is -3.34. The molecule has 5 heteroatoms. The van der Waals surface area contributed by atoms with Crippen LogP contribution in [0.25, 0.3) is 11.6 Å². The van der Waals surface area contributed by atoms with Crippen molar-refractivity contribution in [1.29, 1.82) is 0 Å². The van der Waals surface area contributed by atoms with Crippen LogP contribution < -0.4 is 14.8 Å². The van der Waals surface area contributed by atoms with E-state index in [0.717, 1.165) is 24.0 Å². The molecule has 5 nitrogen and oxygen atoms in total. The van der Waals surface area contributed by atoms with Gasteiger partial charge in [0.15, 0.2) is 11.5 Å². The topological polar surface area (TPSA) is 64.6 Å². The maximum atomic E-state index is 12.6. The first-order chi connectivity index (χ1) is 14.6. The fourth-order valence-corrected chi connectivity index (χ4v) is 4.02. The molecule has 2 aliphatic rings. The van der Waals surface area contributed by atoms with Crippen molar-refractivity contribution in [3.05, 3.63) is 70.8 Å². The van der Waals surface area contributed by atoms with Gasteiger partial charge in [-0.15, -0.1) is 0 Å². The Morgan fingerprint density at radius 3 is 2.43 bits per heavy atom. The maximum absolute atomic E-state index is 12.6. The van der Waals surface area contributed by atoms with Crippen molar-refractivity contribution in [2.45, 2.75) is 38.7 Å². The molecule has 2 aromatic carbocycles. The van der Waals surface area contributed by atoms with E-state index in [2.05, 4.69) is 5.32 Å². The zero-order valence-corrected chi connectivity index (χ0v) is 17.2. The highest BCUT2D eigenvalue weighted by molar-refractivity contribution is 6.29. The fraction of sp³-hybridized carbons (Fsp3) is 0.280. The molecule has 30 heavy (non-hydrogen) atoms. The Kier molecular flexibility index (Phi) is 5.70. The SMILES string of the molecule is COc1cc(/C(C)=C2\C(=O)NC(=O)\C2=C\c2ccccc2)ccc1OC1CCCC1. The number of nitrogens with one attached hydrogen (secondary N) is 1. The third kappa shape index (κ3) is 4.01. The number of allylic oxidation sites excluding steroid dienone is 1. The number of hydrogen-bond acceptors (Lipinski definition) is 4. The quantitative estimate of drug-likeness (QED) is 0.588. The van der Waals surface area contributed by atoms with E-state index in [1.807, 2.05) is 55.5 Å². The molecule has 2 amide bonds. The first-order valence-corrected chi connectivity index (χ1v) is 10.3. The number of rotatable bonds is 5. The Morgan fingerprint density at radius 2 is 1.73 bits per heavy atom. The zero-order chi connectivity index (χ0) is 21.1. The summed E-state index contributed by atoms with van der Waals surface area (Å²) in [4.78, 5) is 25.0. The summed E-state index contributed by atoms with van der Waals surface area (Å²) in [6, 6.07) is 15.1. The second-order valence-corrected chi connectivity index (χ2v) is 7.64. The number of imide groups is 1. The molecule has 2 fully saturated rings. The molecule has 1 N–H and O–H groups in total. The average Bonchev–Trinajstić information content (AvgIpc) is 3.36. The van der Waals surface area contributed by atoms with E-state index in [4.69, 9.17) is 9.47 Å². The summed E-state index contributed by atoms with van der Waals surface area (Å²) in [5.41, 5.74) is 3.14. The van der Waals surface area contributed by atoms with Crippen molar-refractivity contribution < 1.29 is 19.1 Å². The molecule has 0 aromatic heterocycles. The van der Waals surface area contributed by atoms with E-state index < -0.39 is 0 Å². The summed E-state index contributed by atoms with van der Waals surface area (Å²) in [6.45, 7) is 1.85. The summed E-state index contributed by atoms with van der Waals surface area (Å²) in [5.74, 6) is 0.562. The lowest BCUT2D eigenvalue weighted by molar-refractivity contribution is -0.123. The normalized spacial score (nSPS) is 19.9. The Morgan fingerprint density at radius 1 is 1.00 bits per heavy atom. The van der Waals surface area contributed by atoms with Crippen LogP contribution in [-0.2, 0) is 9.59 Å². The highest BCUT2D eigenvalue weighted by Gasteiger charge is 2.32. The van der Waals surface area contributed by atoms with Gasteiger partial charge in [0.25, 0.3) is 11.8 Å². The molecule has 1 heterocycles. The van der Waals surface area contributed by atoms with Crippen LogP contribution in [0.15, 0.2) is 59.7 Å². The lowest BCUT2D eigenvalue weighted by atomic mass is 9.95. The van der Waals surface area contributed by atoms with Gasteiger partial charge in [-0.1, -0.05) is 36.4 Å². The smallest absolute Gasteiger partial charge is 0.259 e. The molecular weight excluding hydrogens is 378 g/mol. The van der Waals surface area contributed by atoms with Gasteiger partial charge in [0.2, 0.25) is 0 Å². The molecule has 2 aromatic rings. The lowest BCUT2D eigenvalue weighted by Crippen LogP contribution is -2.20. The van der Waals surface area contributed by atoms with Crippen molar-refractivity contribution in [2.75, 3.05) is 7.11 Å². The van der Waals surface area contributed by atoms with E-state index in [9.17, 15) is 9.59 Å². The summed E-state index contributed by atoms with van der Waals surface area (Å²) in [5, 5.41) is 2.42.